The molecule has 0 radical (unpaired) electrons. The van der Waals surface area contributed by atoms with Crippen molar-refractivity contribution in [2.24, 2.45) is 12.2 Å². The second kappa shape index (κ2) is 2.21. The number of sulfonamides is 1. The van der Waals surface area contributed by atoms with Gasteiger partial charge in [0.25, 0.3) is 10.0 Å². The molecule has 62 valence electrons. The number of primary sulfonamides is 1. The van der Waals surface area contributed by atoms with Gasteiger partial charge in [-0.05, 0) is 0 Å². The van der Waals surface area contributed by atoms with E-state index < -0.39 is 10.0 Å². The summed E-state index contributed by atoms with van der Waals surface area (Å²) in [6.45, 7) is 0. The summed E-state index contributed by atoms with van der Waals surface area (Å²) >= 11 is 0. The monoisotopic (exact) mass is 176 g/mol. The Labute approximate surface area is 63.8 Å². The maximum absolute atomic E-state index is 10.7. The van der Waals surface area contributed by atoms with E-state index in [-0.39, 0.29) is 10.7 Å². The molecule has 0 aliphatic rings. The van der Waals surface area contributed by atoms with Crippen molar-refractivity contribution < 1.29 is 8.42 Å². The molecule has 0 bridgehead atoms. The minimum Gasteiger partial charge on any atom is -0.395 e. The highest BCUT2D eigenvalue weighted by molar-refractivity contribution is 7.89. The van der Waals surface area contributed by atoms with E-state index in [1.165, 1.54) is 10.9 Å². The first-order valence-electron chi connectivity index (χ1n) is 2.73. The average molecular weight is 176 g/mol. The Morgan fingerprint density at radius 2 is 2.18 bits per heavy atom. The second-order valence-electron chi connectivity index (χ2n) is 2.11. The molecule has 1 aromatic rings. The van der Waals surface area contributed by atoms with Gasteiger partial charge in [-0.25, -0.2) is 13.6 Å². The summed E-state index contributed by atoms with van der Waals surface area (Å²) in [4.78, 5) is 0. The van der Waals surface area contributed by atoms with Crippen LogP contribution >= 0.6 is 0 Å². The maximum Gasteiger partial charge on any atom is 0.259 e. The number of nitrogen functional groups attached to an aromatic ring is 1. The Kier molecular flexibility index (Phi) is 1.61. The van der Waals surface area contributed by atoms with Gasteiger partial charge in [-0.3, -0.25) is 4.68 Å². The Hall–Kier alpha value is -1.08. The van der Waals surface area contributed by atoms with Crippen molar-refractivity contribution in [1.82, 2.24) is 9.78 Å². The van der Waals surface area contributed by atoms with E-state index in [9.17, 15) is 8.42 Å². The molecular formula is C4H8N4O2S. The molecule has 1 heterocycles. The number of anilines is 1. The van der Waals surface area contributed by atoms with Crippen LogP contribution in [0.3, 0.4) is 0 Å². The zero-order valence-electron chi connectivity index (χ0n) is 5.85. The molecule has 0 atom stereocenters. The van der Waals surface area contributed by atoms with Crippen LogP contribution in [0.25, 0.3) is 0 Å². The van der Waals surface area contributed by atoms with Gasteiger partial charge < -0.3 is 5.73 Å². The van der Waals surface area contributed by atoms with Gasteiger partial charge in [0.05, 0.1) is 5.69 Å². The lowest BCUT2D eigenvalue weighted by molar-refractivity contribution is 0.590. The topological polar surface area (TPSA) is 104 Å². The molecule has 6 nitrogen and oxygen atoms in total. The zero-order chi connectivity index (χ0) is 8.65. The fourth-order valence-corrected chi connectivity index (χ4v) is 1.33. The van der Waals surface area contributed by atoms with Gasteiger partial charge in [0.2, 0.25) is 5.03 Å². The molecule has 7 heteroatoms. The highest BCUT2D eigenvalue weighted by Crippen LogP contribution is 2.11. The molecule has 0 aliphatic heterocycles. The standard InChI is InChI=1S/C4H8N4O2S/c1-8-2-3(5)4(7-8)11(6,9)10/h2H,5H2,1H3,(H2,6,9,10). The van der Waals surface area contributed by atoms with Crippen molar-refractivity contribution in [2.75, 3.05) is 5.73 Å². The molecule has 0 fully saturated rings. The molecule has 0 spiro atoms. The Bertz CT molecular complexity index is 365. The lowest BCUT2D eigenvalue weighted by Gasteiger charge is -1.90. The van der Waals surface area contributed by atoms with Crippen LogP contribution in [0.1, 0.15) is 0 Å². The van der Waals surface area contributed by atoms with Crippen molar-refractivity contribution in [1.29, 1.82) is 0 Å². The van der Waals surface area contributed by atoms with Gasteiger partial charge in [0.15, 0.2) is 0 Å². The zero-order valence-corrected chi connectivity index (χ0v) is 6.67. The largest absolute Gasteiger partial charge is 0.395 e. The van der Waals surface area contributed by atoms with E-state index in [1.54, 1.807) is 7.05 Å². The average Bonchev–Trinajstić information content (AvgIpc) is 2.08. The molecular weight excluding hydrogens is 168 g/mol. The quantitative estimate of drug-likeness (QED) is 0.552. The van der Waals surface area contributed by atoms with Crippen LogP contribution in [-0.2, 0) is 17.1 Å². The molecule has 0 saturated carbocycles. The summed E-state index contributed by atoms with van der Waals surface area (Å²) < 4.78 is 22.7. The predicted octanol–water partition coefficient (Wildman–Crippen LogP) is -1.35. The third kappa shape index (κ3) is 1.49. The fourth-order valence-electron chi connectivity index (χ4n) is 0.708. The van der Waals surface area contributed by atoms with Crippen molar-refractivity contribution in [3.8, 4) is 0 Å². The van der Waals surface area contributed by atoms with Crippen LogP contribution in [-0.4, -0.2) is 18.2 Å². The lowest BCUT2D eigenvalue weighted by atomic mass is 10.6. The normalized spacial score (nSPS) is 11.8. The molecule has 0 saturated heterocycles. The summed E-state index contributed by atoms with van der Waals surface area (Å²) in [5, 5.41) is 8.07. The van der Waals surface area contributed by atoms with E-state index in [1.807, 2.05) is 0 Å². The van der Waals surface area contributed by atoms with Crippen LogP contribution in [0.15, 0.2) is 11.2 Å². The first kappa shape index (κ1) is 8.02. The van der Waals surface area contributed by atoms with Gasteiger partial charge in [0.1, 0.15) is 0 Å². The number of rotatable bonds is 1. The van der Waals surface area contributed by atoms with E-state index in [2.05, 4.69) is 5.10 Å². The predicted molar refractivity (Wildman–Crippen MR) is 39.0 cm³/mol. The van der Waals surface area contributed by atoms with Gasteiger partial charge >= 0.3 is 0 Å². The number of nitrogens with two attached hydrogens (primary N) is 2. The maximum atomic E-state index is 10.7. The van der Waals surface area contributed by atoms with Crippen LogP contribution in [0.4, 0.5) is 5.69 Å². The summed E-state index contributed by atoms with van der Waals surface area (Å²) in [6.07, 6.45) is 1.37. The molecule has 1 rings (SSSR count). The van der Waals surface area contributed by atoms with Crippen LogP contribution in [0.2, 0.25) is 0 Å². The molecule has 0 amide bonds. The molecule has 11 heavy (non-hydrogen) atoms. The summed E-state index contributed by atoms with van der Waals surface area (Å²) in [5.74, 6) is 0. The summed E-state index contributed by atoms with van der Waals surface area (Å²) in [5.41, 5.74) is 5.35. The Morgan fingerprint density at radius 1 is 1.64 bits per heavy atom. The second-order valence-corrected chi connectivity index (χ2v) is 3.58. The van der Waals surface area contributed by atoms with E-state index in [4.69, 9.17) is 10.9 Å². The first-order chi connectivity index (χ1) is 4.91. The smallest absolute Gasteiger partial charge is 0.259 e. The molecule has 4 N–H and O–H groups in total. The van der Waals surface area contributed by atoms with Gasteiger partial charge in [0, 0.05) is 13.2 Å². The van der Waals surface area contributed by atoms with Crippen molar-refractivity contribution >= 4 is 15.7 Å². The first-order valence-corrected chi connectivity index (χ1v) is 4.28. The highest BCUT2D eigenvalue weighted by Gasteiger charge is 2.15. The van der Waals surface area contributed by atoms with E-state index in [0.29, 0.717) is 0 Å². The Balaban J connectivity index is 3.36. The van der Waals surface area contributed by atoms with Crippen molar-refractivity contribution in [3.63, 3.8) is 0 Å². The van der Waals surface area contributed by atoms with Gasteiger partial charge in [-0.15, -0.1) is 0 Å². The molecule has 1 aromatic heterocycles. The number of hydrogen-bond acceptors (Lipinski definition) is 4. The summed E-state index contributed by atoms with van der Waals surface area (Å²) in [7, 11) is -2.21. The third-order valence-corrected chi connectivity index (χ3v) is 1.95. The van der Waals surface area contributed by atoms with Crippen molar-refractivity contribution in [2.45, 2.75) is 5.03 Å². The number of hydrogen-bond donors (Lipinski definition) is 2. The molecule has 0 aromatic carbocycles. The van der Waals surface area contributed by atoms with Crippen molar-refractivity contribution in [3.05, 3.63) is 6.20 Å². The number of aryl methyl sites for hydroxylation is 1. The number of aromatic nitrogens is 2. The third-order valence-electron chi connectivity index (χ3n) is 1.09. The summed E-state index contributed by atoms with van der Waals surface area (Å²) in [6, 6.07) is 0. The van der Waals surface area contributed by atoms with Crippen LogP contribution in [0.5, 0.6) is 0 Å². The Morgan fingerprint density at radius 3 is 2.36 bits per heavy atom. The highest BCUT2D eigenvalue weighted by atomic mass is 32.2. The SMILES string of the molecule is Cn1cc(N)c(S(N)(=O)=O)n1. The van der Waals surface area contributed by atoms with Gasteiger partial charge in [-0.1, -0.05) is 0 Å². The lowest BCUT2D eigenvalue weighted by Crippen LogP contribution is -2.14. The minimum absolute atomic E-state index is 0.0648. The van der Waals surface area contributed by atoms with Crippen LogP contribution in [0, 0.1) is 0 Å². The van der Waals surface area contributed by atoms with Gasteiger partial charge in [-0.2, -0.15) is 5.10 Å². The molecule has 0 aliphatic carbocycles. The minimum atomic E-state index is -3.77. The van der Waals surface area contributed by atoms with E-state index >= 15 is 0 Å². The van der Waals surface area contributed by atoms with Crippen LogP contribution < -0.4 is 10.9 Å². The van der Waals surface area contributed by atoms with E-state index in [0.717, 1.165) is 0 Å². The molecule has 0 unspecified atom stereocenters. The number of nitrogens with zero attached hydrogens (tertiary/aromatic N) is 2. The fraction of sp³-hybridized carbons (Fsp3) is 0.250.